The highest BCUT2D eigenvalue weighted by Gasteiger charge is 2.34. The van der Waals surface area contributed by atoms with Gasteiger partial charge >= 0.3 is 0 Å². The summed E-state index contributed by atoms with van der Waals surface area (Å²) >= 11 is 0. The average molecular weight is 329 g/mol. The van der Waals surface area contributed by atoms with Crippen LogP contribution in [0.2, 0.25) is 0 Å². The molecule has 4 nitrogen and oxygen atoms in total. The van der Waals surface area contributed by atoms with Crippen LogP contribution >= 0.6 is 0 Å². The summed E-state index contributed by atoms with van der Waals surface area (Å²) in [5.41, 5.74) is 5.38. The number of pyridine rings is 1. The van der Waals surface area contributed by atoms with Crippen molar-refractivity contribution in [3.63, 3.8) is 0 Å². The summed E-state index contributed by atoms with van der Waals surface area (Å²) < 4.78 is 0. The lowest BCUT2D eigenvalue weighted by Crippen LogP contribution is -2.45. The van der Waals surface area contributed by atoms with Crippen molar-refractivity contribution in [3.8, 4) is 11.3 Å². The van der Waals surface area contributed by atoms with E-state index in [4.69, 9.17) is 4.98 Å². The number of likely N-dealkylation sites (N-methyl/N-ethyl adjacent to an activating group) is 1. The summed E-state index contributed by atoms with van der Waals surface area (Å²) in [6.45, 7) is 3.88. The number of rotatable bonds is 1. The fourth-order valence-corrected chi connectivity index (χ4v) is 3.99. The van der Waals surface area contributed by atoms with Gasteiger partial charge in [0.05, 0.1) is 22.5 Å². The first-order valence-electron chi connectivity index (χ1n) is 8.74. The molecular weight excluding hydrogens is 310 g/mol. The van der Waals surface area contributed by atoms with Crippen molar-refractivity contribution >= 4 is 22.4 Å². The molecule has 0 radical (unpaired) electrons. The van der Waals surface area contributed by atoms with Crippen LogP contribution in [0.4, 0.5) is 5.69 Å². The number of carbonyl (C=O) groups excluding carboxylic acids is 1. The first-order chi connectivity index (χ1) is 12.2. The Labute approximate surface area is 146 Å². The smallest absolute Gasteiger partial charge is 0.198 e. The van der Waals surface area contributed by atoms with Gasteiger partial charge in [0.1, 0.15) is 0 Å². The molecule has 4 heteroatoms. The first-order valence-corrected chi connectivity index (χ1v) is 8.74. The third-order valence-electron chi connectivity index (χ3n) is 5.34. The van der Waals surface area contributed by atoms with Crippen molar-refractivity contribution in [2.45, 2.75) is 0 Å². The molecule has 1 aliphatic carbocycles. The number of anilines is 1. The number of ketones is 1. The largest absolute Gasteiger partial charge is 0.368 e. The van der Waals surface area contributed by atoms with Crippen molar-refractivity contribution in [1.29, 1.82) is 0 Å². The Bertz CT molecular complexity index is 1000. The maximum absolute atomic E-state index is 13.2. The van der Waals surface area contributed by atoms with Gasteiger partial charge in [-0.2, -0.15) is 0 Å². The van der Waals surface area contributed by atoms with Gasteiger partial charge in [-0.25, -0.2) is 4.98 Å². The van der Waals surface area contributed by atoms with E-state index < -0.39 is 0 Å². The minimum atomic E-state index is 0.109. The summed E-state index contributed by atoms with van der Waals surface area (Å²) in [4.78, 5) is 22.7. The topological polar surface area (TPSA) is 36.4 Å². The van der Waals surface area contributed by atoms with Gasteiger partial charge in [-0.3, -0.25) is 4.79 Å². The zero-order valence-electron chi connectivity index (χ0n) is 14.2. The van der Waals surface area contributed by atoms with Gasteiger partial charge in [-0.05, 0) is 13.1 Å². The summed E-state index contributed by atoms with van der Waals surface area (Å²) in [5, 5.41) is 1.08. The molecule has 0 atom stereocenters. The van der Waals surface area contributed by atoms with E-state index in [0.29, 0.717) is 0 Å². The second-order valence-electron chi connectivity index (χ2n) is 6.87. The number of nitrogens with zero attached hydrogens (tertiary/aromatic N) is 3. The molecule has 1 aromatic heterocycles. The highest BCUT2D eigenvalue weighted by atomic mass is 16.1. The minimum absolute atomic E-state index is 0.109. The molecule has 2 heterocycles. The second-order valence-corrected chi connectivity index (χ2v) is 6.87. The van der Waals surface area contributed by atoms with Gasteiger partial charge in [0, 0.05) is 42.7 Å². The highest BCUT2D eigenvalue weighted by molar-refractivity contribution is 6.26. The zero-order chi connectivity index (χ0) is 17.0. The summed E-state index contributed by atoms with van der Waals surface area (Å²) in [5.74, 6) is 0.109. The van der Waals surface area contributed by atoms with Gasteiger partial charge in [0.15, 0.2) is 5.78 Å². The normalized spacial score (nSPS) is 17.0. The van der Waals surface area contributed by atoms with Crippen LogP contribution in [0.5, 0.6) is 0 Å². The third-order valence-corrected chi connectivity index (χ3v) is 5.34. The predicted octanol–water partition coefficient (Wildman–Crippen LogP) is 3.20. The molecule has 2 aliphatic rings. The van der Waals surface area contributed by atoms with E-state index >= 15 is 0 Å². The predicted molar refractivity (Wildman–Crippen MR) is 100 cm³/mol. The molecule has 1 fully saturated rings. The van der Waals surface area contributed by atoms with Crippen molar-refractivity contribution in [1.82, 2.24) is 9.88 Å². The van der Waals surface area contributed by atoms with Crippen molar-refractivity contribution in [2.75, 3.05) is 38.1 Å². The van der Waals surface area contributed by atoms with E-state index in [2.05, 4.69) is 22.9 Å². The van der Waals surface area contributed by atoms with Crippen LogP contribution in [0.1, 0.15) is 15.9 Å². The quantitative estimate of drug-likeness (QED) is 0.537. The maximum atomic E-state index is 13.2. The number of benzene rings is 2. The molecule has 1 saturated heterocycles. The Kier molecular flexibility index (Phi) is 3.15. The Hall–Kier alpha value is -2.72. The lowest BCUT2D eigenvalue weighted by Gasteiger charge is -2.35. The summed E-state index contributed by atoms with van der Waals surface area (Å²) in [7, 11) is 2.15. The molecule has 0 N–H and O–H groups in total. The Morgan fingerprint density at radius 3 is 2.36 bits per heavy atom. The van der Waals surface area contributed by atoms with Crippen LogP contribution in [0.3, 0.4) is 0 Å². The van der Waals surface area contributed by atoms with Crippen LogP contribution in [0, 0.1) is 0 Å². The highest BCUT2D eigenvalue weighted by Crippen LogP contribution is 2.43. The number of hydrogen-bond donors (Lipinski definition) is 0. The van der Waals surface area contributed by atoms with Gasteiger partial charge < -0.3 is 9.80 Å². The number of fused-ring (bicyclic) bond motifs is 4. The van der Waals surface area contributed by atoms with Crippen LogP contribution in [0.15, 0.2) is 48.5 Å². The number of carbonyl (C=O) groups is 1. The van der Waals surface area contributed by atoms with Gasteiger partial charge in [-0.15, -0.1) is 0 Å². The molecule has 0 amide bonds. The minimum Gasteiger partial charge on any atom is -0.368 e. The first kappa shape index (κ1) is 14.6. The van der Waals surface area contributed by atoms with Crippen LogP contribution in [-0.2, 0) is 0 Å². The molecule has 0 spiro atoms. The van der Waals surface area contributed by atoms with E-state index in [9.17, 15) is 4.79 Å². The van der Waals surface area contributed by atoms with Crippen LogP contribution in [-0.4, -0.2) is 48.9 Å². The molecule has 0 saturated carbocycles. The summed E-state index contributed by atoms with van der Waals surface area (Å²) in [6, 6.07) is 16.0. The third kappa shape index (κ3) is 2.11. The molecule has 25 heavy (non-hydrogen) atoms. The fourth-order valence-electron chi connectivity index (χ4n) is 3.99. The van der Waals surface area contributed by atoms with Crippen molar-refractivity contribution in [2.24, 2.45) is 0 Å². The number of hydrogen-bond acceptors (Lipinski definition) is 4. The zero-order valence-corrected chi connectivity index (χ0v) is 14.2. The Morgan fingerprint density at radius 2 is 1.56 bits per heavy atom. The van der Waals surface area contributed by atoms with Crippen LogP contribution in [0.25, 0.3) is 22.2 Å². The van der Waals surface area contributed by atoms with Gasteiger partial charge in [0.2, 0.25) is 0 Å². The number of piperazine rings is 1. The number of aromatic nitrogens is 1. The van der Waals surface area contributed by atoms with Gasteiger partial charge in [-0.1, -0.05) is 42.5 Å². The lowest BCUT2D eigenvalue weighted by molar-refractivity contribution is 0.104. The van der Waals surface area contributed by atoms with Gasteiger partial charge in [0.25, 0.3) is 0 Å². The maximum Gasteiger partial charge on any atom is 0.198 e. The molecule has 5 rings (SSSR count). The molecule has 1 aliphatic heterocycles. The summed E-state index contributed by atoms with van der Waals surface area (Å²) in [6.07, 6.45) is 0. The van der Waals surface area contributed by atoms with E-state index in [-0.39, 0.29) is 5.78 Å². The second kappa shape index (κ2) is 5.39. The molecule has 0 unspecified atom stereocenters. The van der Waals surface area contributed by atoms with E-state index in [1.807, 2.05) is 42.5 Å². The van der Waals surface area contributed by atoms with E-state index in [1.54, 1.807) is 0 Å². The molecule has 3 aromatic rings. The molecule has 0 bridgehead atoms. The van der Waals surface area contributed by atoms with Crippen LogP contribution < -0.4 is 4.90 Å². The van der Waals surface area contributed by atoms with Crippen molar-refractivity contribution in [3.05, 3.63) is 59.7 Å². The fraction of sp³-hybridized carbons (Fsp3) is 0.238. The lowest BCUT2D eigenvalue weighted by atomic mass is 10.0. The monoisotopic (exact) mass is 329 g/mol. The molecule has 124 valence electrons. The molecular formula is C21H19N3O. The SMILES string of the molecule is CN1CCN(c2c3c(nc4ccccc24)-c2ccccc2C3=O)CC1. The standard InChI is InChI=1S/C21H19N3O/c1-23-10-12-24(13-11-23)20-16-8-4-5-9-17(16)22-19-14-6-2-3-7-15(14)21(25)18(19)20/h2-9H,10-13H2,1H3. The van der Waals surface area contributed by atoms with Crippen molar-refractivity contribution < 1.29 is 4.79 Å². The average Bonchev–Trinajstić information content (AvgIpc) is 2.93. The Balaban J connectivity index is 1.81. The van der Waals surface area contributed by atoms with E-state index in [0.717, 1.165) is 65.2 Å². The van der Waals surface area contributed by atoms with E-state index in [1.165, 1.54) is 0 Å². The molecule has 2 aromatic carbocycles. The Morgan fingerprint density at radius 1 is 0.880 bits per heavy atom. The number of para-hydroxylation sites is 1.